The zero-order valence-electron chi connectivity index (χ0n) is 24.2. The second-order valence-corrected chi connectivity index (χ2v) is 11.3. The monoisotopic (exact) mass is 503 g/mol. The first-order valence-corrected chi connectivity index (χ1v) is 13.3. The van der Waals surface area contributed by atoms with Crippen LogP contribution in [0.25, 0.3) is 0 Å². The third kappa shape index (κ3) is 9.82. The van der Waals surface area contributed by atoms with Crippen molar-refractivity contribution in [3.63, 3.8) is 0 Å². The van der Waals surface area contributed by atoms with Gasteiger partial charge in [0.2, 0.25) is 11.8 Å². The minimum absolute atomic E-state index is 0.199. The van der Waals surface area contributed by atoms with Crippen LogP contribution in [0.4, 0.5) is 4.79 Å². The zero-order chi connectivity index (χ0) is 27.6. The van der Waals surface area contributed by atoms with E-state index in [0.29, 0.717) is 12.5 Å². The molecule has 3 unspecified atom stereocenters. The van der Waals surface area contributed by atoms with E-state index in [4.69, 9.17) is 4.74 Å². The first-order valence-electron chi connectivity index (χ1n) is 13.3. The molecule has 0 saturated heterocycles. The highest BCUT2D eigenvalue weighted by Crippen LogP contribution is 2.31. The van der Waals surface area contributed by atoms with E-state index in [2.05, 4.69) is 31.4 Å². The van der Waals surface area contributed by atoms with Crippen molar-refractivity contribution in [2.45, 2.75) is 119 Å². The predicted octanol–water partition coefficient (Wildman–Crippen LogP) is 5.83. The first-order chi connectivity index (χ1) is 16.7. The van der Waals surface area contributed by atoms with Crippen LogP contribution in [0.2, 0.25) is 0 Å². The molecule has 36 heavy (non-hydrogen) atoms. The summed E-state index contributed by atoms with van der Waals surface area (Å²) >= 11 is 0. The van der Waals surface area contributed by atoms with Crippen molar-refractivity contribution in [1.82, 2.24) is 15.5 Å². The van der Waals surface area contributed by atoms with Crippen LogP contribution < -0.4 is 10.6 Å². The summed E-state index contributed by atoms with van der Waals surface area (Å²) in [4.78, 5) is 41.8. The molecule has 0 saturated carbocycles. The van der Waals surface area contributed by atoms with E-state index in [1.807, 2.05) is 39.0 Å². The number of carbonyl (C=O) groups is 3. The van der Waals surface area contributed by atoms with Gasteiger partial charge in [0.15, 0.2) is 0 Å². The summed E-state index contributed by atoms with van der Waals surface area (Å²) < 4.78 is 5.37. The summed E-state index contributed by atoms with van der Waals surface area (Å²) in [6.07, 6.45) is 2.81. The average molecular weight is 504 g/mol. The van der Waals surface area contributed by atoms with Crippen molar-refractivity contribution < 1.29 is 19.1 Å². The van der Waals surface area contributed by atoms with Gasteiger partial charge in [0.05, 0.1) is 0 Å². The van der Waals surface area contributed by atoms with Crippen molar-refractivity contribution in [3.8, 4) is 0 Å². The second-order valence-electron chi connectivity index (χ2n) is 11.3. The Balaban J connectivity index is 3.50. The zero-order valence-corrected chi connectivity index (χ0v) is 24.2. The van der Waals surface area contributed by atoms with Gasteiger partial charge in [-0.25, -0.2) is 4.79 Å². The third-order valence-electron chi connectivity index (χ3n) is 6.17. The van der Waals surface area contributed by atoms with Crippen LogP contribution in [-0.4, -0.2) is 47.0 Å². The van der Waals surface area contributed by atoms with E-state index in [0.717, 1.165) is 42.4 Å². The third-order valence-corrected chi connectivity index (χ3v) is 6.17. The Labute approximate surface area is 218 Å². The van der Waals surface area contributed by atoms with E-state index in [-0.39, 0.29) is 17.9 Å². The van der Waals surface area contributed by atoms with Crippen LogP contribution in [0.15, 0.2) is 18.2 Å². The van der Waals surface area contributed by atoms with Crippen molar-refractivity contribution >= 4 is 17.9 Å². The Hall–Kier alpha value is -2.57. The summed E-state index contributed by atoms with van der Waals surface area (Å²) in [6.45, 7) is 19.8. The van der Waals surface area contributed by atoms with Gasteiger partial charge in [-0.15, -0.1) is 0 Å². The SMILES string of the molecule is CCCCNC(=O)C(c1c(C)cccc1C)N(C(=O)C(C)NC(=O)OC(C)(C)C)C(C)CCC(C)C. The number of hydrogen-bond acceptors (Lipinski definition) is 4. The lowest BCUT2D eigenvalue weighted by molar-refractivity contribution is -0.145. The molecule has 0 radical (unpaired) electrons. The molecule has 7 heteroatoms. The Kier molecular flexibility index (Phi) is 12.4. The molecule has 2 N–H and O–H groups in total. The van der Waals surface area contributed by atoms with Crippen molar-refractivity contribution in [2.24, 2.45) is 5.92 Å². The Morgan fingerprint density at radius 1 is 1.00 bits per heavy atom. The highest BCUT2D eigenvalue weighted by molar-refractivity contribution is 5.92. The second kappa shape index (κ2) is 14.2. The molecule has 0 spiro atoms. The number of hydrogen-bond donors (Lipinski definition) is 2. The summed E-state index contributed by atoms with van der Waals surface area (Å²) in [5.74, 6) is -0.0517. The molecule has 0 bridgehead atoms. The van der Waals surface area contributed by atoms with Crippen LogP contribution in [0.1, 0.15) is 104 Å². The highest BCUT2D eigenvalue weighted by atomic mass is 16.6. The minimum Gasteiger partial charge on any atom is -0.444 e. The number of benzene rings is 1. The molecule has 0 aliphatic rings. The van der Waals surface area contributed by atoms with Gasteiger partial charge in [0.1, 0.15) is 17.7 Å². The smallest absolute Gasteiger partial charge is 0.408 e. The Morgan fingerprint density at radius 3 is 2.08 bits per heavy atom. The van der Waals surface area contributed by atoms with Gasteiger partial charge >= 0.3 is 6.09 Å². The quantitative estimate of drug-likeness (QED) is 0.352. The van der Waals surface area contributed by atoms with E-state index < -0.39 is 23.8 Å². The van der Waals surface area contributed by atoms with E-state index in [1.54, 1.807) is 32.6 Å². The maximum atomic E-state index is 14.0. The number of carbonyl (C=O) groups excluding carboxylic acids is 3. The Morgan fingerprint density at radius 2 is 1.58 bits per heavy atom. The number of rotatable bonds is 12. The Bertz CT molecular complexity index is 856. The topological polar surface area (TPSA) is 87.7 Å². The molecule has 7 nitrogen and oxygen atoms in total. The summed E-state index contributed by atoms with van der Waals surface area (Å²) in [5.41, 5.74) is 2.05. The largest absolute Gasteiger partial charge is 0.444 e. The number of unbranched alkanes of at least 4 members (excludes halogenated alkanes) is 1. The molecule has 3 atom stereocenters. The number of ether oxygens (including phenoxy) is 1. The van der Waals surface area contributed by atoms with E-state index in [9.17, 15) is 14.4 Å². The molecule has 1 rings (SSSR count). The summed E-state index contributed by atoms with van der Waals surface area (Å²) in [7, 11) is 0. The number of nitrogens with one attached hydrogen (secondary N) is 2. The van der Waals surface area contributed by atoms with Gasteiger partial charge in [0, 0.05) is 12.6 Å². The van der Waals surface area contributed by atoms with Crippen LogP contribution in [0.5, 0.6) is 0 Å². The maximum absolute atomic E-state index is 14.0. The molecular formula is C29H49N3O4. The van der Waals surface area contributed by atoms with Crippen molar-refractivity contribution in [3.05, 3.63) is 34.9 Å². The van der Waals surface area contributed by atoms with Gasteiger partial charge < -0.3 is 20.3 Å². The summed E-state index contributed by atoms with van der Waals surface area (Å²) in [6, 6.07) is 4.01. The number of aryl methyl sites for hydroxylation is 2. The molecular weight excluding hydrogens is 454 g/mol. The van der Waals surface area contributed by atoms with Gasteiger partial charge in [-0.1, -0.05) is 45.4 Å². The van der Waals surface area contributed by atoms with Crippen LogP contribution in [0, 0.1) is 19.8 Å². The predicted molar refractivity (Wildman–Crippen MR) is 146 cm³/mol. The van der Waals surface area contributed by atoms with Crippen LogP contribution >= 0.6 is 0 Å². The molecule has 1 aromatic rings. The van der Waals surface area contributed by atoms with Gasteiger partial charge in [-0.2, -0.15) is 0 Å². The fraction of sp³-hybridized carbons (Fsp3) is 0.690. The highest BCUT2D eigenvalue weighted by Gasteiger charge is 2.38. The molecule has 204 valence electrons. The molecule has 0 fully saturated rings. The summed E-state index contributed by atoms with van der Waals surface area (Å²) in [5, 5.41) is 5.74. The lowest BCUT2D eigenvalue weighted by Gasteiger charge is -2.39. The molecule has 0 aliphatic carbocycles. The van der Waals surface area contributed by atoms with Gasteiger partial charge in [0.25, 0.3) is 0 Å². The minimum atomic E-state index is -0.864. The van der Waals surface area contributed by atoms with Gasteiger partial charge in [-0.05, 0) is 90.3 Å². The average Bonchev–Trinajstić information content (AvgIpc) is 2.75. The number of alkyl carbamates (subject to hydrolysis) is 1. The van der Waals surface area contributed by atoms with Crippen molar-refractivity contribution in [2.75, 3.05) is 6.54 Å². The normalized spacial score (nSPS) is 14.1. The van der Waals surface area contributed by atoms with Crippen LogP contribution in [-0.2, 0) is 14.3 Å². The van der Waals surface area contributed by atoms with Crippen molar-refractivity contribution in [1.29, 1.82) is 0 Å². The molecule has 3 amide bonds. The molecule has 1 aromatic carbocycles. The molecule has 0 aliphatic heterocycles. The lowest BCUT2D eigenvalue weighted by Crippen LogP contribution is -2.55. The molecule has 0 heterocycles. The fourth-order valence-electron chi connectivity index (χ4n) is 4.22. The first kappa shape index (κ1) is 31.5. The maximum Gasteiger partial charge on any atom is 0.408 e. The molecule has 0 aromatic heterocycles. The van der Waals surface area contributed by atoms with E-state index in [1.165, 1.54) is 0 Å². The number of nitrogens with zero attached hydrogens (tertiary/aromatic N) is 1. The lowest BCUT2D eigenvalue weighted by atomic mass is 9.91. The fourth-order valence-corrected chi connectivity index (χ4v) is 4.22. The standard InChI is InChI=1S/C29H49N3O4/c1-11-12-18-30-26(33)25(24-20(4)14-13-15-21(24)5)32(22(6)17-16-19(2)3)27(34)23(7)31-28(35)36-29(8,9)10/h13-15,19,22-23,25H,11-12,16-18H2,1-10H3,(H,30,33)(H,31,35). The van der Waals surface area contributed by atoms with Gasteiger partial charge in [-0.3, -0.25) is 9.59 Å². The van der Waals surface area contributed by atoms with E-state index >= 15 is 0 Å². The van der Waals surface area contributed by atoms with Crippen LogP contribution in [0.3, 0.4) is 0 Å². The number of amides is 3.